The predicted molar refractivity (Wildman–Crippen MR) is 120 cm³/mol. The number of benzene rings is 2. The molecule has 0 aliphatic carbocycles. The van der Waals surface area contributed by atoms with Crippen LogP contribution in [0.4, 0.5) is 21.6 Å². The molecule has 0 saturated carbocycles. The highest BCUT2D eigenvalue weighted by Gasteiger charge is 2.29. The first-order valence-corrected chi connectivity index (χ1v) is 12.4. The van der Waals surface area contributed by atoms with Crippen LogP contribution in [0.15, 0.2) is 45.5 Å². The van der Waals surface area contributed by atoms with Crippen LogP contribution in [0.2, 0.25) is 0 Å². The summed E-state index contributed by atoms with van der Waals surface area (Å²) >= 11 is 3.51. The van der Waals surface area contributed by atoms with Gasteiger partial charge in [-0.15, -0.1) is 0 Å². The van der Waals surface area contributed by atoms with Gasteiger partial charge in [-0.1, -0.05) is 0 Å². The van der Waals surface area contributed by atoms with E-state index in [0.29, 0.717) is 32.6 Å². The second-order valence-electron chi connectivity index (χ2n) is 7.34. The fourth-order valence-corrected chi connectivity index (χ4v) is 4.39. The first-order valence-electron chi connectivity index (χ1n) is 9.30. The van der Waals surface area contributed by atoms with Crippen molar-refractivity contribution >= 4 is 53.8 Å². The highest BCUT2D eigenvalue weighted by atomic mass is 79.9. The molecule has 1 saturated heterocycles. The molecule has 1 aliphatic heterocycles. The quantitative estimate of drug-likeness (QED) is 0.537. The topological polar surface area (TPSA) is 106 Å². The molecule has 0 spiro atoms. The Balaban J connectivity index is 1.73. The summed E-state index contributed by atoms with van der Waals surface area (Å²) < 4.78 is 41.8. The number of aliphatic hydroxyl groups excluding tert-OH is 1. The average molecular weight is 511 g/mol. The number of aliphatic hydroxyl groups is 1. The van der Waals surface area contributed by atoms with Gasteiger partial charge in [0.1, 0.15) is 29.8 Å². The van der Waals surface area contributed by atoms with E-state index < -0.39 is 27.8 Å². The molecule has 3 aromatic rings. The van der Waals surface area contributed by atoms with Crippen LogP contribution in [0, 0.1) is 5.82 Å². The van der Waals surface area contributed by atoms with Gasteiger partial charge in [0.2, 0.25) is 0 Å². The van der Waals surface area contributed by atoms with E-state index in [0.717, 1.165) is 0 Å². The fourth-order valence-electron chi connectivity index (χ4n) is 3.15. The Labute approximate surface area is 187 Å². The molecule has 1 aromatic heterocycles. The molecule has 31 heavy (non-hydrogen) atoms. The first-order chi connectivity index (χ1) is 14.7. The van der Waals surface area contributed by atoms with Crippen molar-refractivity contribution in [2.24, 2.45) is 4.36 Å². The number of hydrogen-bond donors (Lipinski definition) is 2. The fraction of sp³-hybridized carbons (Fsp3) is 0.300. The molecule has 1 aliphatic rings. The Morgan fingerprint density at radius 3 is 2.81 bits per heavy atom. The molecule has 11 heteroatoms. The summed E-state index contributed by atoms with van der Waals surface area (Å²) in [6, 6.07) is 7.51. The van der Waals surface area contributed by atoms with Crippen molar-refractivity contribution in [2.45, 2.75) is 12.2 Å². The zero-order valence-corrected chi connectivity index (χ0v) is 19.1. The highest BCUT2D eigenvalue weighted by Crippen LogP contribution is 2.36. The third kappa shape index (κ3) is 5.12. The monoisotopic (exact) mass is 510 g/mol. The van der Waals surface area contributed by atoms with E-state index >= 15 is 0 Å². The third-order valence-corrected chi connectivity index (χ3v) is 5.75. The Morgan fingerprint density at radius 2 is 2.10 bits per heavy atom. The minimum atomic E-state index is -2.33. The van der Waals surface area contributed by atoms with Crippen molar-refractivity contribution in [1.82, 2.24) is 9.97 Å². The van der Waals surface area contributed by atoms with E-state index in [-0.39, 0.29) is 19.0 Å². The largest absolute Gasteiger partial charge is 0.483 e. The predicted octanol–water partition coefficient (Wildman–Crippen LogP) is 3.77. The Kier molecular flexibility index (Phi) is 6.11. The van der Waals surface area contributed by atoms with Crippen LogP contribution in [0.5, 0.6) is 5.75 Å². The number of anilines is 2. The van der Waals surface area contributed by atoms with Crippen molar-refractivity contribution in [2.75, 3.05) is 31.0 Å². The molecule has 0 unspecified atom stereocenters. The number of nitrogens with one attached hydrogen (secondary N) is 1. The normalized spacial score (nSPS) is 18.9. The van der Waals surface area contributed by atoms with Crippen LogP contribution in [-0.2, 0) is 14.5 Å². The van der Waals surface area contributed by atoms with E-state index in [4.69, 9.17) is 9.47 Å². The van der Waals surface area contributed by atoms with Crippen molar-refractivity contribution in [1.29, 1.82) is 0 Å². The van der Waals surface area contributed by atoms with E-state index in [1.165, 1.54) is 24.5 Å². The van der Waals surface area contributed by atoms with Crippen LogP contribution >= 0.6 is 15.9 Å². The molecular formula is C20H20BrFN4O4S. The molecule has 164 valence electrons. The van der Waals surface area contributed by atoms with Gasteiger partial charge in [-0.05, 0) is 40.2 Å². The number of fused-ring (bicyclic) bond motifs is 1. The maximum absolute atomic E-state index is 13.9. The highest BCUT2D eigenvalue weighted by molar-refractivity contribution is 9.10. The molecule has 2 atom stereocenters. The van der Waals surface area contributed by atoms with Gasteiger partial charge in [-0.3, -0.25) is 0 Å². The molecule has 4 rings (SSSR count). The summed E-state index contributed by atoms with van der Waals surface area (Å²) in [5.74, 6) is 0.203. The molecule has 0 radical (unpaired) electrons. The standard InChI is InChI=1S/C20H20BrFN4O4S/c1-31(2,28)26-12-6-13(21)19-15(7-12)23-10-24-20(19)25-14-4-3-11(22)5-17(14)30-18-9-29-8-16(18)27/h3-7,10,16,18,27H,8-9H2,1-2H3,(H,23,24,25)/t16-,18-/m0/s1. The summed E-state index contributed by atoms with van der Waals surface area (Å²) in [6.07, 6.45) is 3.10. The van der Waals surface area contributed by atoms with E-state index in [9.17, 15) is 13.7 Å². The maximum atomic E-state index is 13.9. The third-order valence-electron chi connectivity index (χ3n) is 4.47. The van der Waals surface area contributed by atoms with Crippen molar-refractivity contribution in [3.63, 3.8) is 0 Å². The number of halogens is 2. The summed E-state index contributed by atoms with van der Waals surface area (Å²) in [5, 5.41) is 13.8. The summed E-state index contributed by atoms with van der Waals surface area (Å²) in [5.41, 5.74) is 1.57. The van der Waals surface area contributed by atoms with Gasteiger partial charge in [0, 0.05) is 32.8 Å². The Morgan fingerprint density at radius 1 is 1.29 bits per heavy atom. The SMILES string of the molecule is CS(C)(=O)=Nc1cc(Br)c2c(Nc3ccc(F)cc3O[C@H]3COC[C@@H]3O)ncnc2c1. The Hall–Kier alpha value is -2.34. The summed E-state index contributed by atoms with van der Waals surface area (Å²) in [4.78, 5) is 8.60. The summed E-state index contributed by atoms with van der Waals surface area (Å²) in [6.45, 7) is 0.380. The first kappa shape index (κ1) is 21.9. The van der Waals surface area contributed by atoms with Gasteiger partial charge >= 0.3 is 0 Å². The number of hydrogen-bond acceptors (Lipinski definition) is 8. The van der Waals surface area contributed by atoms with Gasteiger partial charge in [0.05, 0.1) is 35.5 Å². The average Bonchev–Trinajstić information content (AvgIpc) is 3.07. The van der Waals surface area contributed by atoms with E-state index in [2.05, 4.69) is 35.6 Å². The smallest absolute Gasteiger partial charge is 0.150 e. The molecule has 2 heterocycles. The Bertz CT molecular complexity index is 1260. The van der Waals surface area contributed by atoms with E-state index in [1.807, 2.05) is 0 Å². The van der Waals surface area contributed by atoms with Gasteiger partial charge in [0.25, 0.3) is 0 Å². The molecular weight excluding hydrogens is 491 g/mol. The number of aromatic nitrogens is 2. The zero-order chi connectivity index (χ0) is 22.2. The summed E-state index contributed by atoms with van der Waals surface area (Å²) in [7, 11) is -2.33. The number of rotatable bonds is 5. The van der Waals surface area contributed by atoms with Crippen LogP contribution in [-0.4, -0.2) is 57.2 Å². The number of nitrogens with zero attached hydrogens (tertiary/aromatic N) is 3. The lowest BCUT2D eigenvalue weighted by Crippen LogP contribution is -2.30. The second kappa shape index (κ2) is 8.65. The zero-order valence-electron chi connectivity index (χ0n) is 16.7. The number of ether oxygens (including phenoxy) is 2. The van der Waals surface area contributed by atoms with Crippen LogP contribution in [0.3, 0.4) is 0 Å². The van der Waals surface area contributed by atoms with E-state index in [1.54, 1.807) is 24.6 Å². The van der Waals surface area contributed by atoms with Crippen LogP contribution in [0.25, 0.3) is 10.9 Å². The second-order valence-corrected chi connectivity index (χ2v) is 10.7. The maximum Gasteiger partial charge on any atom is 0.150 e. The van der Waals surface area contributed by atoms with Crippen LogP contribution in [0.1, 0.15) is 0 Å². The van der Waals surface area contributed by atoms with Crippen molar-refractivity contribution in [3.8, 4) is 5.75 Å². The van der Waals surface area contributed by atoms with Gasteiger partial charge in [-0.25, -0.2) is 18.6 Å². The van der Waals surface area contributed by atoms with Gasteiger partial charge < -0.3 is 19.9 Å². The minimum absolute atomic E-state index is 0.168. The van der Waals surface area contributed by atoms with Crippen molar-refractivity contribution < 1.29 is 23.2 Å². The molecule has 8 nitrogen and oxygen atoms in total. The molecule has 0 amide bonds. The lowest BCUT2D eigenvalue weighted by Gasteiger charge is -2.19. The molecule has 2 N–H and O–H groups in total. The minimum Gasteiger partial charge on any atom is -0.483 e. The van der Waals surface area contributed by atoms with Gasteiger partial charge in [0.15, 0.2) is 6.10 Å². The lowest BCUT2D eigenvalue weighted by atomic mass is 10.2. The lowest BCUT2D eigenvalue weighted by molar-refractivity contribution is 0.0736. The molecule has 0 bridgehead atoms. The molecule has 1 fully saturated rings. The van der Waals surface area contributed by atoms with Crippen molar-refractivity contribution in [3.05, 3.63) is 46.9 Å². The van der Waals surface area contributed by atoms with Gasteiger partial charge in [-0.2, -0.15) is 4.36 Å². The van der Waals surface area contributed by atoms with Crippen LogP contribution < -0.4 is 10.1 Å². The molecule has 2 aromatic carbocycles.